The van der Waals surface area contributed by atoms with Gasteiger partial charge in [-0.25, -0.2) is 23.5 Å². The van der Waals surface area contributed by atoms with Gasteiger partial charge in [0.1, 0.15) is 24.2 Å². The second-order valence-corrected chi connectivity index (χ2v) is 11.2. The monoisotopic (exact) mass is 675 g/mol. The van der Waals surface area contributed by atoms with Gasteiger partial charge in [-0.3, -0.25) is 24.1 Å². The van der Waals surface area contributed by atoms with Crippen molar-refractivity contribution in [3.63, 3.8) is 0 Å². The number of carboxylic acid groups (broad SMARTS) is 1. The molecule has 0 bridgehead atoms. The number of pyridine rings is 2. The molecule has 0 aliphatic rings. The van der Waals surface area contributed by atoms with Crippen molar-refractivity contribution in [1.82, 2.24) is 34.0 Å². The summed E-state index contributed by atoms with van der Waals surface area (Å²) in [5, 5.41) is 13.0. The lowest BCUT2D eigenvalue weighted by atomic mass is 9.98. The van der Waals surface area contributed by atoms with Gasteiger partial charge in [-0.05, 0) is 48.4 Å². The van der Waals surface area contributed by atoms with E-state index in [2.05, 4.69) is 20.3 Å². The average molecular weight is 676 g/mol. The number of halogens is 4. The van der Waals surface area contributed by atoms with Crippen molar-refractivity contribution >= 4 is 33.7 Å². The number of nitrogens with one attached hydrogen (secondary N) is 1. The first-order valence-electron chi connectivity index (χ1n) is 14.6. The Bertz CT molecular complexity index is 2390. The number of alkyl halides is 3. The highest BCUT2D eigenvalue weighted by molar-refractivity contribution is 5.99. The topological polar surface area (TPSA) is 154 Å². The number of rotatable bonds is 8. The van der Waals surface area contributed by atoms with Crippen molar-refractivity contribution in [3.8, 4) is 17.1 Å². The van der Waals surface area contributed by atoms with Crippen molar-refractivity contribution in [2.45, 2.75) is 32.1 Å². The molecule has 0 spiro atoms. The lowest BCUT2D eigenvalue weighted by molar-refractivity contribution is -0.140. The van der Waals surface area contributed by atoms with Crippen LogP contribution < -0.4 is 16.6 Å². The van der Waals surface area contributed by atoms with Crippen molar-refractivity contribution < 1.29 is 32.3 Å². The first-order valence-corrected chi connectivity index (χ1v) is 14.6. The van der Waals surface area contributed by atoms with Crippen LogP contribution in [0.15, 0.2) is 83.0 Å². The minimum absolute atomic E-state index is 0.00772. The molecule has 0 saturated carbocycles. The van der Waals surface area contributed by atoms with Crippen LogP contribution in [0.3, 0.4) is 0 Å². The molecule has 49 heavy (non-hydrogen) atoms. The molecule has 1 atom stereocenters. The minimum Gasteiger partial charge on any atom is -0.480 e. The molecule has 1 amide bonds. The van der Waals surface area contributed by atoms with Crippen LogP contribution in [0.25, 0.3) is 38.9 Å². The summed E-state index contributed by atoms with van der Waals surface area (Å²) in [7, 11) is 1.49. The van der Waals surface area contributed by atoms with E-state index in [1.54, 1.807) is 12.1 Å². The number of nitrogens with zero attached hydrogens (tertiary/aromatic N) is 6. The lowest BCUT2D eigenvalue weighted by Crippen LogP contribution is -2.43. The fourth-order valence-corrected chi connectivity index (χ4v) is 5.78. The summed E-state index contributed by atoms with van der Waals surface area (Å²) in [6.45, 7) is 0.00575. The quantitative estimate of drug-likeness (QED) is 0.230. The molecular weight excluding hydrogens is 650 g/mol. The number of carboxylic acids is 1. The molecule has 6 aromatic rings. The van der Waals surface area contributed by atoms with Crippen LogP contribution in [-0.4, -0.2) is 57.9 Å². The maximum Gasteiger partial charge on any atom is 0.406 e. The van der Waals surface area contributed by atoms with Crippen LogP contribution in [0.2, 0.25) is 0 Å². The first-order chi connectivity index (χ1) is 23.2. The van der Waals surface area contributed by atoms with Crippen molar-refractivity contribution in [2.24, 2.45) is 7.05 Å². The van der Waals surface area contributed by atoms with E-state index in [-0.39, 0.29) is 40.0 Å². The average Bonchev–Trinajstić information content (AvgIpc) is 3.50. The van der Waals surface area contributed by atoms with Gasteiger partial charge in [0.05, 0.1) is 33.9 Å². The third kappa shape index (κ3) is 6.15. The zero-order chi connectivity index (χ0) is 35.2. The molecule has 16 heteroatoms. The highest BCUT2D eigenvalue weighted by Gasteiger charge is 2.30. The van der Waals surface area contributed by atoms with E-state index >= 15 is 4.39 Å². The molecule has 6 rings (SSSR count). The van der Waals surface area contributed by atoms with Crippen molar-refractivity contribution in [2.75, 3.05) is 0 Å². The second kappa shape index (κ2) is 12.4. The highest BCUT2D eigenvalue weighted by atomic mass is 19.4. The zero-order valence-electron chi connectivity index (χ0n) is 25.7. The summed E-state index contributed by atoms with van der Waals surface area (Å²) >= 11 is 0. The van der Waals surface area contributed by atoms with E-state index in [1.165, 1.54) is 61.4 Å². The molecule has 0 unspecified atom stereocenters. The fourth-order valence-electron chi connectivity index (χ4n) is 5.78. The number of aliphatic carboxylic acids is 1. The Labute approximate surface area is 272 Å². The van der Waals surface area contributed by atoms with Crippen LogP contribution in [-0.2, 0) is 24.8 Å². The fraction of sp³-hybridized carbons (Fsp3) is 0.182. The van der Waals surface area contributed by atoms with Gasteiger partial charge in [0.2, 0.25) is 0 Å². The van der Waals surface area contributed by atoms with Gasteiger partial charge in [0.15, 0.2) is 0 Å². The van der Waals surface area contributed by atoms with Crippen molar-refractivity contribution in [3.05, 3.63) is 117 Å². The molecule has 0 aliphatic carbocycles. The Morgan fingerprint density at radius 2 is 1.80 bits per heavy atom. The maximum atomic E-state index is 15.4. The molecule has 0 radical (unpaired) electrons. The van der Waals surface area contributed by atoms with Gasteiger partial charge in [-0.1, -0.05) is 12.1 Å². The van der Waals surface area contributed by atoms with E-state index in [1.807, 2.05) is 0 Å². The molecule has 0 fully saturated rings. The Kier molecular flexibility index (Phi) is 8.31. The zero-order valence-corrected chi connectivity index (χ0v) is 25.7. The van der Waals surface area contributed by atoms with Crippen LogP contribution >= 0.6 is 0 Å². The largest absolute Gasteiger partial charge is 0.480 e. The van der Waals surface area contributed by atoms with E-state index in [4.69, 9.17) is 0 Å². The van der Waals surface area contributed by atoms with Gasteiger partial charge in [-0.2, -0.15) is 13.2 Å². The number of fused-ring (bicyclic) bond motifs is 2. The van der Waals surface area contributed by atoms with Crippen LogP contribution in [0.4, 0.5) is 17.6 Å². The summed E-state index contributed by atoms with van der Waals surface area (Å²) in [6.07, 6.45) is 1.64. The number of carbonyl (C=O) groups is 2. The summed E-state index contributed by atoms with van der Waals surface area (Å²) in [5.74, 6) is -3.76. The number of aromatic nitrogens is 6. The summed E-state index contributed by atoms with van der Waals surface area (Å²) in [4.78, 5) is 64.7. The van der Waals surface area contributed by atoms with Gasteiger partial charge in [0.25, 0.3) is 11.5 Å². The van der Waals surface area contributed by atoms with Crippen LogP contribution in [0.1, 0.15) is 21.5 Å². The maximum absolute atomic E-state index is 15.4. The van der Waals surface area contributed by atoms with Crippen LogP contribution in [0, 0.1) is 12.7 Å². The molecule has 0 aliphatic heterocycles. The predicted octanol–water partition coefficient (Wildman–Crippen LogP) is 3.93. The van der Waals surface area contributed by atoms with Crippen LogP contribution in [0.5, 0.6) is 0 Å². The van der Waals surface area contributed by atoms with Gasteiger partial charge in [0, 0.05) is 49.2 Å². The number of benzene rings is 2. The predicted molar refractivity (Wildman–Crippen MR) is 169 cm³/mol. The molecule has 12 nitrogen and oxygen atoms in total. The Morgan fingerprint density at radius 3 is 2.51 bits per heavy atom. The second-order valence-electron chi connectivity index (χ2n) is 11.2. The van der Waals surface area contributed by atoms with E-state index in [9.17, 15) is 37.5 Å². The smallest absolute Gasteiger partial charge is 0.406 e. The lowest BCUT2D eigenvalue weighted by Gasteiger charge is -2.19. The van der Waals surface area contributed by atoms with Crippen molar-refractivity contribution in [1.29, 1.82) is 0 Å². The first kappa shape index (κ1) is 32.7. The number of carbonyl (C=O) groups excluding carboxylic acids is 1. The third-order valence-electron chi connectivity index (χ3n) is 8.02. The summed E-state index contributed by atoms with van der Waals surface area (Å²) in [6, 6.07) is 8.22. The van der Waals surface area contributed by atoms with Gasteiger partial charge in [-0.15, -0.1) is 0 Å². The molecule has 250 valence electrons. The molecule has 0 saturated heterocycles. The summed E-state index contributed by atoms with van der Waals surface area (Å²) < 4.78 is 57.4. The van der Waals surface area contributed by atoms with Gasteiger partial charge < -0.3 is 15.0 Å². The number of hydrogen-bond donors (Lipinski definition) is 2. The number of aryl methyl sites for hydroxylation is 2. The summed E-state index contributed by atoms with van der Waals surface area (Å²) in [5.41, 5.74) is -0.653. The number of hydrogen-bond acceptors (Lipinski definition) is 7. The SMILES string of the molecule is Cc1cc(-c2nccn2CC(F)(F)F)cc(F)c1C(=O)N[C@@H](Cc1ccc(-n2c(=O)c3ccncc3n(C)c2=O)c2ncccc12)C(=O)O. The van der Waals surface area contributed by atoms with Gasteiger partial charge >= 0.3 is 17.8 Å². The third-order valence-corrected chi connectivity index (χ3v) is 8.02. The standard InChI is InChI=1S/C33H25F4N7O5/c1-17-12-19(28-40-10-11-43(28)16-33(35,36)37)13-22(34)26(17)29(45)41-23(31(47)48)14-18-5-6-24(27-20(18)4-3-8-39-27)44-30(46)21-7-9-38-15-25(21)42(2)32(44)49/h3-13,15,23H,14,16H2,1-2H3,(H,41,45)(H,47,48)/t23-/m0/s1. The minimum atomic E-state index is -4.56. The van der Waals surface area contributed by atoms with E-state index in [0.29, 0.717) is 16.5 Å². The molecule has 2 aromatic carbocycles. The number of amides is 1. The molecule has 4 heterocycles. The van der Waals surface area contributed by atoms with E-state index in [0.717, 1.165) is 27.6 Å². The molecular formula is C33H25F4N7O5. The number of imidazole rings is 1. The molecule has 4 aromatic heterocycles. The Morgan fingerprint density at radius 1 is 1.02 bits per heavy atom. The normalized spacial score (nSPS) is 12.4. The van der Waals surface area contributed by atoms with E-state index < -0.39 is 53.3 Å². The Balaban J connectivity index is 1.33. The highest BCUT2D eigenvalue weighted by Crippen LogP contribution is 2.28. The Hall–Kier alpha value is -6.19. The molecule has 2 N–H and O–H groups in total.